The van der Waals surface area contributed by atoms with Crippen LogP contribution in [0, 0.1) is 17.7 Å². The molecule has 0 spiro atoms. The molecule has 3 amide bonds. The Bertz CT molecular complexity index is 1030. The van der Waals surface area contributed by atoms with Gasteiger partial charge in [0.15, 0.2) is 0 Å². The van der Waals surface area contributed by atoms with Gasteiger partial charge in [-0.05, 0) is 70.2 Å². The number of rotatable bonds is 10. The maximum atomic E-state index is 13.7. The summed E-state index contributed by atoms with van der Waals surface area (Å²) in [4.78, 5) is 43.7. The standard InChI is InChI=1S/C29H44ClFN4O3/c1-17(2)25(15-20(7)27(36)32-21-12-13-23(31)22(30)16-21)34(8)29(38)26(18(3)4)33-28(37)24-11-9-10-14-35(24)19(5)6/h12-13,15-19,24-26H,9-11,14H2,1-8H3,(H,32,36)(H,33,37)/b20-15+/t24?,25-,26?/m1/s1. The third-order valence-corrected chi connectivity index (χ3v) is 7.46. The molecule has 1 aromatic carbocycles. The lowest BCUT2D eigenvalue weighted by molar-refractivity contribution is -0.140. The largest absolute Gasteiger partial charge is 0.343 e. The summed E-state index contributed by atoms with van der Waals surface area (Å²) in [6.45, 7) is 14.5. The molecular weight excluding hydrogens is 507 g/mol. The molecular formula is C29H44ClFN4O3. The van der Waals surface area contributed by atoms with Crippen LogP contribution in [0.15, 0.2) is 29.8 Å². The lowest BCUT2D eigenvalue weighted by Crippen LogP contribution is -2.58. The van der Waals surface area contributed by atoms with Gasteiger partial charge in [0.25, 0.3) is 5.91 Å². The van der Waals surface area contributed by atoms with Crippen molar-refractivity contribution in [2.24, 2.45) is 11.8 Å². The molecule has 9 heteroatoms. The van der Waals surface area contributed by atoms with E-state index in [2.05, 4.69) is 29.4 Å². The average Bonchev–Trinajstić information content (AvgIpc) is 2.86. The van der Waals surface area contributed by atoms with Crippen LogP contribution in [0.25, 0.3) is 0 Å². The van der Waals surface area contributed by atoms with Gasteiger partial charge in [-0.25, -0.2) is 4.39 Å². The summed E-state index contributed by atoms with van der Waals surface area (Å²) >= 11 is 5.83. The molecule has 7 nitrogen and oxygen atoms in total. The molecule has 1 aromatic rings. The zero-order valence-corrected chi connectivity index (χ0v) is 24.7. The number of likely N-dealkylation sites (N-methyl/N-ethyl adjacent to an activating group) is 1. The van der Waals surface area contributed by atoms with E-state index in [1.807, 2.05) is 27.7 Å². The first-order chi connectivity index (χ1) is 17.7. The smallest absolute Gasteiger partial charge is 0.251 e. The molecule has 1 fully saturated rings. The van der Waals surface area contributed by atoms with Gasteiger partial charge in [0.2, 0.25) is 11.8 Å². The number of carbonyl (C=O) groups excluding carboxylic acids is 3. The first-order valence-electron chi connectivity index (χ1n) is 13.5. The van der Waals surface area contributed by atoms with Crippen molar-refractivity contribution in [2.75, 3.05) is 18.9 Å². The van der Waals surface area contributed by atoms with Gasteiger partial charge in [-0.15, -0.1) is 0 Å². The Morgan fingerprint density at radius 1 is 1.11 bits per heavy atom. The predicted molar refractivity (Wildman–Crippen MR) is 151 cm³/mol. The third kappa shape index (κ3) is 8.27. The molecule has 3 atom stereocenters. The number of nitrogens with one attached hydrogen (secondary N) is 2. The highest BCUT2D eigenvalue weighted by atomic mass is 35.5. The number of nitrogens with zero attached hydrogens (tertiary/aromatic N) is 2. The van der Waals surface area contributed by atoms with Crippen LogP contribution < -0.4 is 10.6 Å². The van der Waals surface area contributed by atoms with Gasteiger partial charge in [0.05, 0.1) is 17.1 Å². The molecule has 1 aliphatic rings. The predicted octanol–water partition coefficient (Wildman–Crippen LogP) is 5.25. The third-order valence-electron chi connectivity index (χ3n) is 7.17. The zero-order valence-electron chi connectivity index (χ0n) is 24.0. The minimum absolute atomic E-state index is 0.00487. The quantitative estimate of drug-likeness (QED) is 0.390. The summed E-state index contributed by atoms with van der Waals surface area (Å²) < 4.78 is 13.5. The Kier molecular flexibility index (Phi) is 11.8. The van der Waals surface area contributed by atoms with Crippen molar-refractivity contribution in [3.8, 4) is 0 Å². The van der Waals surface area contributed by atoms with Gasteiger partial charge >= 0.3 is 0 Å². The molecule has 0 saturated carbocycles. The molecule has 0 aromatic heterocycles. The number of anilines is 1. The molecule has 38 heavy (non-hydrogen) atoms. The maximum Gasteiger partial charge on any atom is 0.251 e. The number of hydrogen-bond acceptors (Lipinski definition) is 4. The Hall–Kier alpha value is -2.45. The monoisotopic (exact) mass is 550 g/mol. The van der Waals surface area contributed by atoms with Crippen molar-refractivity contribution in [2.45, 2.75) is 91.9 Å². The summed E-state index contributed by atoms with van der Waals surface area (Å²) in [5.74, 6) is -1.36. The molecule has 212 valence electrons. The van der Waals surface area contributed by atoms with Gasteiger partial charge in [-0.1, -0.05) is 51.8 Å². The molecule has 2 unspecified atom stereocenters. The van der Waals surface area contributed by atoms with E-state index < -0.39 is 11.9 Å². The molecule has 2 rings (SSSR count). The van der Waals surface area contributed by atoms with Gasteiger partial charge in [0.1, 0.15) is 11.9 Å². The van der Waals surface area contributed by atoms with Crippen molar-refractivity contribution in [3.05, 3.63) is 40.7 Å². The van der Waals surface area contributed by atoms with Crippen molar-refractivity contribution in [3.63, 3.8) is 0 Å². The first-order valence-corrected chi connectivity index (χ1v) is 13.9. The van der Waals surface area contributed by atoms with E-state index in [-0.39, 0.29) is 52.7 Å². The number of benzene rings is 1. The van der Waals surface area contributed by atoms with E-state index in [1.165, 1.54) is 18.2 Å². The Morgan fingerprint density at radius 3 is 2.32 bits per heavy atom. The van der Waals surface area contributed by atoms with Crippen molar-refractivity contribution in [1.29, 1.82) is 0 Å². The van der Waals surface area contributed by atoms with Crippen LogP contribution in [0.4, 0.5) is 10.1 Å². The molecule has 2 N–H and O–H groups in total. The summed E-state index contributed by atoms with van der Waals surface area (Å²) in [5, 5.41) is 5.68. The van der Waals surface area contributed by atoms with Crippen LogP contribution in [0.5, 0.6) is 0 Å². The minimum Gasteiger partial charge on any atom is -0.343 e. The van der Waals surface area contributed by atoms with Crippen LogP contribution in [0.2, 0.25) is 5.02 Å². The highest BCUT2D eigenvalue weighted by Crippen LogP contribution is 2.23. The van der Waals surface area contributed by atoms with Gasteiger partial charge in [0, 0.05) is 24.4 Å². The highest BCUT2D eigenvalue weighted by molar-refractivity contribution is 6.31. The van der Waals surface area contributed by atoms with E-state index in [0.29, 0.717) is 11.3 Å². The summed E-state index contributed by atoms with van der Waals surface area (Å²) in [6, 6.07) is 2.91. The highest BCUT2D eigenvalue weighted by Gasteiger charge is 2.36. The average molecular weight is 551 g/mol. The zero-order chi connectivity index (χ0) is 28.7. The lowest BCUT2D eigenvalue weighted by Gasteiger charge is -2.39. The van der Waals surface area contributed by atoms with Gasteiger partial charge < -0.3 is 15.5 Å². The van der Waals surface area contributed by atoms with E-state index >= 15 is 0 Å². The van der Waals surface area contributed by atoms with Crippen LogP contribution in [0.1, 0.15) is 67.7 Å². The van der Waals surface area contributed by atoms with Gasteiger partial charge in [-0.3, -0.25) is 19.3 Å². The first kappa shape index (κ1) is 31.8. The van der Waals surface area contributed by atoms with Crippen molar-refractivity contribution < 1.29 is 18.8 Å². The topological polar surface area (TPSA) is 81.8 Å². The molecule has 1 saturated heterocycles. The summed E-state index contributed by atoms with van der Waals surface area (Å²) in [5.41, 5.74) is 0.782. The molecule has 1 heterocycles. The molecule has 0 radical (unpaired) electrons. The number of carbonyl (C=O) groups is 3. The molecule has 0 aliphatic carbocycles. The Labute approximate surface area is 232 Å². The van der Waals surface area contributed by atoms with Crippen LogP contribution in [0.3, 0.4) is 0 Å². The van der Waals surface area contributed by atoms with Crippen molar-refractivity contribution >= 4 is 35.0 Å². The fraction of sp³-hybridized carbons (Fsp3) is 0.621. The second-order valence-electron chi connectivity index (χ2n) is 11.2. The SMILES string of the molecule is C/C(=C\[C@H](C(C)C)N(C)C(=O)C(NC(=O)C1CCCCN1C(C)C)C(C)C)C(=O)Nc1ccc(F)c(Cl)c1. The van der Waals surface area contributed by atoms with E-state index in [9.17, 15) is 18.8 Å². The summed E-state index contributed by atoms with van der Waals surface area (Å²) in [6.07, 6.45) is 4.60. The lowest BCUT2D eigenvalue weighted by atomic mass is 9.95. The number of hydrogen-bond donors (Lipinski definition) is 2. The van der Waals surface area contributed by atoms with E-state index in [0.717, 1.165) is 25.8 Å². The van der Waals surface area contributed by atoms with Gasteiger partial charge in [-0.2, -0.15) is 0 Å². The number of piperidine rings is 1. The van der Waals surface area contributed by atoms with Crippen LogP contribution in [-0.4, -0.2) is 65.3 Å². The second-order valence-corrected chi connectivity index (χ2v) is 11.6. The van der Waals surface area contributed by atoms with Crippen LogP contribution in [-0.2, 0) is 14.4 Å². The minimum atomic E-state index is -0.687. The van der Waals surface area contributed by atoms with Crippen molar-refractivity contribution in [1.82, 2.24) is 15.1 Å². The summed E-state index contributed by atoms with van der Waals surface area (Å²) in [7, 11) is 1.71. The fourth-order valence-corrected chi connectivity index (χ4v) is 5.05. The fourth-order valence-electron chi connectivity index (χ4n) is 4.87. The van der Waals surface area contributed by atoms with Crippen LogP contribution >= 0.6 is 11.6 Å². The molecule has 1 aliphatic heterocycles. The Balaban J connectivity index is 2.19. The van der Waals surface area contributed by atoms with E-state index in [1.54, 1.807) is 24.9 Å². The molecule has 0 bridgehead atoms. The number of amides is 3. The Morgan fingerprint density at radius 2 is 1.76 bits per heavy atom. The second kappa shape index (κ2) is 14.1. The number of likely N-dealkylation sites (tertiary alicyclic amines) is 1. The normalized spacial score (nSPS) is 18.4. The number of halogens is 2. The van der Waals surface area contributed by atoms with E-state index in [4.69, 9.17) is 11.6 Å². The maximum absolute atomic E-state index is 13.7.